The molecule has 6 rings (SSSR count). The maximum Gasteiger partial charge on any atom is 0.249 e. The fourth-order valence-electron chi connectivity index (χ4n) is 5.25. The number of nitrogens with one attached hydrogen (secondary N) is 1. The molecule has 7 nitrogen and oxygen atoms in total. The van der Waals surface area contributed by atoms with Crippen molar-refractivity contribution in [3.05, 3.63) is 95.8 Å². The first-order valence-corrected chi connectivity index (χ1v) is 10.9. The highest BCUT2D eigenvalue weighted by Crippen LogP contribution is 2.52. The first kappa shape index (κ1) is 20.3. The minimum absolute atomic E-state index is 0.284. The molecule has 0 bridgehead atoms. The van der Waals surface area contributed by atoms with Gasteiger partial charge < -0.3 is 5.32 Å². The van der Waals surface area contributed by atoms with Crippen molar-refractivity contribution in [1.82, 2.24) is 5.01 Å². The Morgan fingerprint density at radius 2 is 1.53 bits per heavy atom. The minimum Gasteiger partial charge on any atom is -0.324 e. The summed E-state index contributed by atoms with van der Waals surface area (Å²) in [6.45, 7) is 0. The molecule has 34 heavy (non-hydrogen) atoms. The smallest absolute Gasteiger partial charge is 0.249 e. The van der Waals surface area contributed by atoms with Gasteiger partial charge in [0.1, 0.15) is 11.9 Å². The summed E-state index contributed by atoms with van der Waals surface area (Å²) in [4.78, 5) is 41.9. The van der Waals surface area contributed by atoms with E-state index in [4.69, 9.17) is 0 Å². The van der Waals surface area contributed by atoms with E-state index in [1.54, 1.807) is 35.5 Å². The number of nitrogens with zero attached hydrogens (tertiary/aromatic N) is 3. The summed E-state index contributed by atoms with van der Waals surface area (Å²) in [5.74, 6) is -3.53. The maximum absolute atomic E-state index is 13.7. The number of carbonyl (C=O) groups is 3. The zero-order chi connectivity index (χ0) is 23.4. The SMILES string of the molecule is O=C(Nc1ccccc1)[C@@H]1[C@@H]2C(=O)N(c3ccc(F)cc3)C(=O)[C@@H]2[C@@H]2c3ccccc3C=NN12. The Bertz CT molecular complexity index is 1340. The number of para-hydroxylation sites is 1. The zero-order valence-corrected chi connectivity index (χ0v) is 17.8. The van der Waals surface area contributed by atoms with E-state index in [2.05, 4.69) is 10.4 Å². The number of hydrazone groups is 1. The molecule has 0 radical (unpaired) electrons. The lowest BCUT2D eigenvalue weighted by molar-refractivity contribution is -0.129. The van der Waals surface area contributed by atoms with Crippen LogP contribution >= 0.6 is 0 Å². The van der Waals surface area contributed by atoms with Crippen LogP contribution in [0.3, 0.4) is 0 Å². The van der Waals surface area contributed by atoms with Gasteiger partial charge in [-0.1, -0.05) is 42.5 Å². The molecule has 0 spiro atoms. The van der Waals surface area contributed by atoms with E-state index < -0.39 is 47.5 Å². The van der Waals surface area contributed by atoms with Gasteiger partial charge in [0, 0.05) is 5.69 Å². The van der Waals surface area contributed by atoms with Gasteiger partial charge in [-0.3, -0.25) is 19.4 Å². The molecule has 3 aliphatic rings. The van der Waals surface area contributed by atoms with Crippen molar-refractivity contribution in [2.24, 2.45) is 16.9 Å². The number of hydrogen-bond acceptors (Lipinski definition) is 5. The summed E-state index contributed by atoms with van der Waals surface area (Å²) in [6, 6.07) is 20.1. The molecule has 0 aromatic heterocycles. The fourth-order valence-corrected chi connectivity index (χ4v) is 5.25. The van der Waals surface area contributed by atoms with E-state index in [0.29, 0.717) is 5.69 Å². The average Bonchev–Trinajstić information content (AvgIpc) is 3.33. The lowest BCUT2D eigenvalue weighted by atomic mass is 9.85. The summed E-state index contributed by atoms with van der Waals surface area (Å²) in [5.41, 5.74) is 2.55. The van der Waals surface area contributed by atoms with Gasteiger partial charge in [0.25, 0.3) is 0 Å². The van der Waals surface area contributed by atoms with Gasteiger partial charge in [-0.15, -0.1) is 0 Å². The number of rotatable bonds is 3. The normalized spacial score (nSPS) is 24.6. The van der Waals surface area contributed by atoms with Crippen LogP contribution in [0.5, 0.6) is 0 Å². The van der Waals surface area contributed by atoms with Crippen molar-refractivity contribution in [1.29, 1.82) is 0 Å². The number of hydrogen-bond donors (Lipinski definition) is 1. The molecule has 3 aromatic rings. The second-order valence-electron chi connectivity index (χ2n) is 8.54. The van der Waals surface area contributed by atoms with Crippen molar-refractivity contribution in [3.8, 4) is 0 Å². The topological polar surface area (TPSA) is 82.1 Å². The minimum atomic E-state index is -0.985. The number of benzene rings is 3. The van der Waals surface area contributed by atoms with Crippen molar-refractivity contribution >= 4 is 35.3 Å². The largest absolute Gasteiger partial charge is 0.324 e. The highest BCUT2D eigenvalue weighted by Gasteiger charge is 2.65. The van der Waals surface area contributed by atoms with Gasteiger partial charge >= 0.3 is 0 Å². The van der Waals surface area contributed by atoms with E-state index in [0.717, 1.165) is 16.0 Å². The first-order valence-electron chi connectivity index (χ1n) is 10.9. The molecule has 4 atom stereocenters. The average molecular weight is 454 g/mol. The van der Waals surface area contributed by atoms with Gasteiger partial charge in [-0.2, -0.15) is 5.10 Å². The maximum atomic E-state index is 13.7. The van der Waals surface area contributed by atoms with Crippen LogP contribution in [-0.4, -0.2) is 35.0 Å². The molecular formula is C26H19FN4O3. The van der Waals surface area contributed by atoms with E-state index >= 15 is 0 Å². The fraction of sp³-hybridized carbons (Fsp3) is 0.154. The number of amides is 3. The van der Waals surface area contributed by atoms with Crippen LogP contribution in [0.2, 0.25) is 0 Å². The van der Waals surface area contributed by atoms with Crippen LogP contribution in [0.15, 0.2) is 84.0 Å². The molecule has 3 aromatic carbocycles. The predicted molar refractivity (Wildman–Crippen MR) is 123 cm³/mol. The van der Waals surface area contributed by atoms with Crippen LogP contribution in [0.25, 0.3) is 0 Å². The van der Waals surface area contributed by atoms with Crippen molar-refractivity contribution in [2.45, 2.75) is 12.1 Å². The standard InChI is InChI=1S/C26H19FN4O3/c27-16-10-12-18(13-11-16)30-25(33)20-21(26(30)34)23(24(32)29-17-7-2-1-3-8-17)31-22(20)19-9-5-4-6-15(19)14-28-31/h1-14,20-23H,(H,29,32)/t20-,21+,22-,23-/m0/s1. The molecule has 0 saturated carbocycles. The molecule has 3 aliphatic heterocycles. The van der Waals surface area contributed by atoms with Crippen LogP contribution in [-0.2, 0) is 14.4 Å². The molecule has 0 unspecified atom stereocenters. The summed E-state index contributed by atoms with van der Waals surface area (Å²) in [6.07, 6.45) is 1.66. The van der Waals surface area contributed by atoms with Crippen molar-refractivity contribution in [3.63, 3.8) is 0 Å². The van der Waals surface area contributed by atoms with Gasteiger partial charge in [-0.05, 0) is 47.5 Å². The van der Waals surface area contributed by atoms with Gasteiger partial charge in [-0.25, -0.2) is 9.29 Å². The lowest BCUT2D eigenvalue weighted by Gasteiger charge is -2.33. The molecule has 168 valence electrons. The quantitative estimate of drug-likeness (QED) is 0.616. The Hall–Kier alpha value is -4.33. The first-order chi connectivity index (χ1) is 16.5. The third-order valence-electron chi connectivity index (χ3n) is 6.69. The number of fused-ring (bicyclic) bond motifs is 5. The second-order valence-corrected chi connectivity index (χ2v) is 8.54. The Morgan fingerprint density at radius 3 is 2.29 bits per heavy atom. The Balaban J connectivity index is 1.45. The summed E-state index contributed by atoms with van der Waals surface area (Å²) in [5, 5.41) is 8.97. The summed E-state index contributed by atoms with van der Waals surface area (Å²) >= 11 is 0. The molecule has 2 saturated heterocycles. The Kier molecular flexibility index (Phi) is 4.55. The summed E-state index contributed by atoms with van der Waals surface area (Å²) in [7, 11) is 0. The monoisotopic (exact) mass is 454 g/mol. The molecular weight excluding hydrogens is 435 g/mol. The van der Waals surface area contributed by atoms with E-state index in [1.807, 2.05) is 30.3 Å². The highest BCUT2D eigenvalue weighted by atomic mass is 19.1. The number of halogens is 1. The van der Waals surface area contributed by atoms with Crippen LogP contribution in [0.4, 0.5) is 15.8 Å². The second kappa shape index (κ2) is 7.62. The van der Waals surface area contributed by atoms with E-state index in [9.17, 15) is 18.8 Å². The predicted octanol–water partition coefficient (Wildman–Crippen LogP) is 3.34. The number of anilines is 2. The van der Waals surface area contributed by atoms with Gasteiger partial charge in [0.15, 0.2) is 0 Å². The van der Waals surface area contributed by atoms with Crippen LogP contribution < -0.4 is 10.2 Å². The molecule has 8 heteroatoms. The molecule has 1 N–H and O–H groups in total. The third-order valence-corrected chi connectivity index (χ3v) is 6.69. The zero-order valence-electron chi connectivity index (χ0n) is 17.8. The highest BCUT2D eigenvalue weighted by molar-refractivity contribution is 6.24. The molecule has 3 heterocycles. The van der Waals surface area contributed by atoms with Crippen molar-refractivity contribution < 1.29 is 18.8 Å². The molecule has 2 fully saturated rings. The van der Waals surface area contributed by atoms with E-state index in [-0.39, 0.29) is 5.69 Å². The van der Waals surface area contributed by atoms with E-state index in [1.165, 1.54) is 24.3 Å². The van der Waals surface area contributed by atoms with Crippen LogP contribution in [0.1, 0.15) is 17.2 Å². The molecule has 3 amide bonds. The third kappa shape index (κ3) is 2.95. The summed E-state index contributed by atoms with van der Waals surface area (Å²) < 4.78 is 13.5. The lowest BCUT2D eigenvalue weighted by Crippen LogP contribution is -2.46. The number of imide groups is 1. The van der Waals surface area contributed by atoms with Gasteiger partial charge in [0.2, 0.25) is 17.7 Å². The van der Waals surface area contributed by atoms with Crippen molar-refractivity contribution in [2.75, 3.05) is 10.2 Å². The molecule has 0 aliphatic carbocycles. The Labute approximate surface area is 194 Å². The Morgan fingerprint density at radius 1 is 0.853 bits per heavy atom. The van der Waals surface area contributed by atoms with Crippen LogP contribution in [0, 0.1) is 17.7 Å². The number of carbonyl (C=O) groups excluding carboxylic acids is 3. The van der Waals surface area contributed by atoms with Gasteiger partial charge in [0.05, 0.1) is 29.8 Å².